The zero-order valence-corrected chi connectivity index (χ0v) is 9.79. The molecule has 0 unspecified atom stereocenters. The second kappa shape index (κ2) is 5.95. The van der Waals surface area contributed by atoms with Gasteiger partial charge in [0.1, 0.15) is 5.75 Å². The number of para-hydroxylation sites is 1. The number of nitrogens with two attached hydrogens (primary N) is 1. The van der Waals surface area contributed by atoms with Crippen LogP contribution in [0.1, 0.15) is 30.5 Å². The minimum Gasteiger partial charge on any atom is -0.507 e. The van der Waals surface area contributed by atoms with Crippen molar-refractivity contribution in [1.82, 2.24) is 0 Å². The molecule has 0 bridgehead atoms. The van der Waals surface area contributed by atoms with Crippen LogP contribution in [0.3, 0.4) is 0 Å². The van der Waals surface area contributed by atoms with Crippen LogP contribution in [0.4, 0.5) is 0 Å². The molecular formula is C11H18ClNO2. The molecule has 4 N–H and O–H groups in total. The Balaban J connectivity index is 0.00000196. The average Bonchev–Trinajstić information content (AvgIpc) is 2.20. The van der Waals surface area contributed by atoms with Crippen molar-refractivity contribution in [3.8, 4) is 5.75 Å². The quantitative estimate of drug-likeness (QED) is 0.744. The first-order valence-electron chi connectivity index (χ1n) is 4.80. The number of phenolic OH excluding ortho intramolecular Hbond substituents is 1. The standard InChI is InChI=1S/C11H17NO2.ClH/c1-3-9(13)10(12)8-6-4-5-7(2)11(8)14;/h4-6,9-10,13-14H,3,12H2,1-2H3;1H/t9-,10+;/m1./s1. The molecule has 4 heteroatoms. The van der Waals surface area contributed by atoms with Crippen LogP contribution < -0.4 is 5.73 Å². The molecule has 0 saturated heterocycles. The predicted octanol–water partition coefficient (Wildman–Crippen LogP) is 1.89. The maximum absolute atomic E-state index is 9.72. The number of aliphatic hydroxyl groups excluding tert-OH is 1. The van der Waals surface area contributed by atoms with Gasteiger partial charge in [-0.2, -0.15) is 0 Å². The van der Waals surface area contributed by atoms with Crippen LogP contribution in [0.15, 0.2) is 18.2 Å². The van der Waals surface area contributed by atoms with Gasteiger partial charge in [0, 0.05) is 5.56 Å². The summed E-state index contributed by atoms with van der Waals surface area (Å²) in [4.78, 5) is 0. The predicted molar refractivity (Wildman–Crippen MR) is 63.3 cm³/mol. The SMILES string of the molecule is CC[C@@H](O)[C@@H](N)c1cccc(C)c1O.Cl. The Bertz CT molecular complexity index is 317. The minimum absolute atomic E-state index is 0. The Hall–Kier alpha value is -0.770. The van der Waals surface area contributed by atoms with E-state index in [9.17, 15) is 10.2 Å². The summed E-state index contributed by atoms with van der Waals surface area (Å²) in [5.74, 6) is 0.188. The summed E-state index contributed by atoms with van der Waals surface area (Å²) in [6, 6.07) is 4.86. The van der Waals surface area contributed by atoms with Crippen LogP contribution >= 0.6 is 12.4 Å². The van der Waals surface area contributed by atoms with Gasteiger partial charge in [-0.05, 0) is 18.9 Å². The van der Waals surface area contributed by atoms with Crippen LogP contribution in [-0.4, -0.2) is 16.3 Å². The van der Waals surface area contributed by atoms with E-state index in [4.69, 9.17) is 5.73 Å². The Morgan fingerprint density at radius 3 is 2.53 bits per heavy atom. The lowest BCUT2D eigenvalue weighted by atomic mass is 9.98. The van der Waals surface area contributed by atoms with E-state index in [0.29, 0.717) is 12.0 Å². The van der Waals surface area contributed by atoms with Gasteiger partial charge in [-0.1, -0.05) is 25.1 Å². The lowest BCUT2D eigenvalue weighted by molar-refractivity contribution is 0.139. The molecule has 0 fully saturated rings. The molecule has 0 heterocycles. The van der Waals surface area contributed by atoms with Crippen LogP contribution in [0.2, 0.25) is 0 Å². The second-order valence-electron chi connectivity index (χ2n) is 3.51. The van der Waals surface area contributed by atoms with Gasteiger partial charge < -0.3 is 15.9 Å². The first-order valence-corrected chi connectivity index (χ1v) is 4.80. The highest BCUT2D eigenvalue weighted by Crippen LogP contribution is 2.28. The summed E-state index contributed by atoms with van der Waals surface area (Å²) >= 11 is 0. The fourth-order valence-electron chi connectivity index (χ4n) is 1.41. The van der Waals surface area contributed by atoms with E-state index in [2.05, 4.69) is 0 Å². The molecule has 1 aromatic carbocycles. The van der Waals surface area contributed by atoms with E-state index in [1.54, 1.807) is 6.07 Å². The fourth-order valence-corrected chi connectivity index (χ4v) is 1.41. The second-order valence-corrected chi connectivity index (χ2v) is 3.51. The van der Waals surface area contributed by atoms with Gasteiger partial charge in [-0.15, -0.1) is 12.4 Å². The molecule has 0 aromatic heterocycles. The highest BCUT2D eigenvalue weighted by Gasteiger charge is 2.18. The van der Waals surface area contributed by atoms with Gasteiger partial charge in [0.2, 0.25) is 0 Å². The molecule has 15 heavy (non-hydrogen) atoms. The lowest BCUT2D eigenvalue weighted by Gasteiger charge is -2.19. The molecule has 1 aromatic rings. The van der Waals surface area contributed by atoms with E-state index >= 15 is 0 Å². The molecular weight excluding hydrogens is 214 g/mol. The van der Waals surface area contributed by atoms with Crippen molar-refractivity contribution in [2.45, 2.75) is 32.4 Å². The molecule has 0 aliphatic carbocycles. The third-order valence-corrected chi connectivity index (χ3v) is 2.46. The van der Waals surface area contributed by atoms with Crippen molar-refractivity contribution in [2.75, 3.05) is 0 Å². The van der Waals surface area contributed by atoms with Crippen molar-refractivity contribution in [2.24, 2.45) is 5.73 Å². The maximum atomic E-state index is 9.72. The molecule has 0 aliphatic heterocycles. The minimum atomic E-state index is -0.609. The zero-order chi connectivity index (χ0) is 10.7. The number of halogens is 1. The molecule has 86 valence electrons. The summed E-state index contributed by atoms with van der Waals surface area (Å²) in [6.07, 6.45) is -0.0307. The normalized spacial score (nSPS) is 14.1. The highest BCUT2D eigenvalue weighted by atomic mass is 35.5. The number of hydrogen-bond acceptors (Lipinski definition) is 3. The van der Waals surface area contributed by atoms with Crippen LogP contribution in [0, 0.1) is 6.92 Å². The van der Waals surface area contributed by atoms with Gasteiger partial charge in [0.25, 0.3) is 0 Å². The molecule has 1 rings (SSSR count). The molecule has 0 amide bonds. The van der Waals surface area contributed by atoms with Gasteiger partial charge >= 0.3 is 0 Å². The van der Waals surface area contributed by atoms with E-state index in [1.165, 1.54) is 0 Å². The number of aromatic hydroxyl groups is 1. The van der Waals surface area contributed by atoms with Gasteiger partial charge in [-0.25, -0.2) is 0 Å². The van der Waals surface area contributed by atoms with Crippen molar-refractivity contribution >= 4 is 12.4 Å². The van der Waals surface area contributed by atoms with E-state index < -0.39 is 12.1 Å². The van der Waals surface area contributed by atoms with Crippen LogP contribution in [0.5, 0.6) is 5.75 Å². The molecule has 0 spiro atoms. The van der Waals surface area contributed by atoms with Crippen molar-refractivity contribution < 1.29 is 10.2 Å². The molecule has 2 atom stereocenters. The smallest absolute Gasteiger partial charge is 0.123 e. The Labute approximate surface area is 96.3 Å². The Morgan fingerprint density at radius 1 is 1.40 bits per heavy atom. The van der Waals surface area contributed by atoms with E-state index in [0.717, 1.165) is 5.56 Å². The topological polar surface area (TPSA) is 66.5 Å². The van der Waals surface area contributed by atoms with Gasteiger partial charge in [0.15, 0.2) is 0 Å². The number of phenols is 1. The number of hydrogen-bond donors (Lipinski definition) is 3. The molecule has 0 saturated carbocycles. The average molecular weight is 232 g/mol. The fraction of sp³-hybridized carbons (Fsp3) is 0.455. The van der Waals surface area contributed by atoms with E-state index in [1.807, 2.05) is 26.0 Å². The van der Waals surface area contributed by atoms with Crippen LogP contribution in [0.25, 0.3) is 0 Å². The number of benzene rings is 1. The molecule has 0 aliphatic rings. The molecule has 3 nitrogen and oxygen atoms in total. The largest absolute Gasteiger partial charge is 0.507 e. The Morgan fingerprint density at radius 2 is 2.00 bits per heavy atom. The lowest BCUT2D eigenvalue weighted by Crippen LogP contribution is -2.25. The Kier molecular flexibility index (Phi) is 5.65. The molecule has 0 radical (unpaired) electrons. The van der Waals surface area contributed by atoms with Crippen LogP contribution in [-0.2, 0) is 0 Å². The number of aliphatic hydroxyl groups is 1. The summed E-state index contributed by atoms with van der Waals surface area (Å²) in [6.45, 7) is 3.67. The van der Waals surface area contributed by atoms with Gasteiger partial charge in [0.05, 0.1) is 12.1 Å². The monoisotopic (exact) mass is 231 g/mol. The first-order chi connectivity index (χ1) is 6.57. The van der Waals surface area contributed by atoms with Crippen molar-refractivity contribution in [3.05, 3.63) is 29.3 Å². The van der Waals surface area contributed by atoms with Gasteiger partial charge in [-0.3, -0.25) is 0 Å². The highest BCUT2D eigenvalue weighted by molar-refractivity contribution is 5.85. The number of rotatable bonds is 3. The summed E-state index contributed by atoms with van der Waals surface area (Å²) in [5, 5.41) is 19.3. The maximum Gasteiger partial charge on any atom is 0.123 e. The zero-order valence-electron chi connectivity index (χ0n) is 8.97. The summed E-state index contributed by atoms with van der Waals surface area (Å²) in [5.41, 5.74) is 7.20. The third-order valence-electron chi connectivity index (χ3n) is 2.46. The number of aryl methyl sites for hydroxylation is 1. The van der Waals surface area contributed by atoms with Crippen molar-refractivity contribution in [3.63, 3.8) is 0 Å². The van der Waals surface area contributed by atoms with Crippen molar-refractivity contribution in [1.29, 1.82) is 0 Å². The summed E-state index contributed by atoms with van der Waals surface area (Å²) < 4.78 is 0. The first kappa shape index (κ1) is 14.2. The third kappa shape index (κ3) is 3.09. The summed E-state index contributed by atoms with van der Waals surface area (Å²) in [7, 11) is 0. The van der Waals surface area contributed by atoms with E-state index in [-0.39, 0.29) is 18.2 Å².